The van der Waals surface area contributed by atoms with Crippen LogP contribution in [0, 0.1) is 5.92 Å². The average Bonchev–Trinajstić information content (AvgIpc) is 3.37. The number of hydrogen-bond donors (Lipinski definition) is 1. The maximum Gasteiger partial charge on any atom is 0.288 e. The predicted octanol–water partition coefficient (Wildman–Crippen LogP) is 4.62. The number of furan rings is 1. The van der Waals surface area contributed by atoms with Crippen molar-refractivity contribution in [2.24, 2.45) is 5.92 Å². The van der Waals surface area contributed by atoms with Gasteiger partial charge in [-0.3, -0.25) is 4.79 Å². The second-order valence-electron chi connectivity index (χ2n) is 9.79. The van der Waals surface area contributed by atoms with Crippen LogP contribution < -0.4 is 0 Å². The van der Waals surface area contributed by atoms with Crippen molar-refractivity contribution in [1.82, 2.24) is 4.90 Å². The number of benzene rings is 1. The van der Waals surface area contributed by atoms with Crippen LogP contribution in [0.25, 0.3) is 11.0 Å². The lowest BCUT2D eigenvalue weighted by Crippen LogP contribution is -2.43. The summed E-state index contributed by atoms with van der Waals surface area (Å²) in [7, 11) is 1.89. The first kappa shape index (κ1) is 27.6. The van der Waals surface area contributed by atoms with Gasteiger partial charge in [-0.05, 0) is 38.3 Å². The number of carbonyl (C=O) groups excluding carboxylic acids is 1. The van der Waals surface area contributed by atoms with E-state index in [0.717, 1.165) is 42.2 Å². The van der Waals surface area contributed by atoms with Crippen LogP contribution in [0.1, 0.15) is 56.9 Å². The van der Waals surface area contributed by atoms with Gasteiger partial charge in [-0.15, -0.1) is 0 Å². The molecule has 204 valence electrons. The number of nitrogens with zero attached hydrogens (tertiary/aromatic N) is 1. The standard InChI is InChI=1S/C29H41NO7/c1-3-35-29-23(13-15-33-17-18-34-16-14-31)24(25-20-36-26-12-8-7-11-22(25)26)19-27(37-29)28(32)30(2)21-9-5-4-6-10-21/h7-8,11-12,19-21,23-24,29,31H,3-6,9-10,13-18H2,1-2H3/t23-,24-,29+/m0/s1. The van der Waals surface area contributed by atoms with Crippen LogP contribution >= 0.6 is 0 Å². The number of carbonyl (C=O) groups is 1. The number of allylic oxidation sites excluding steroid dienone is 1. The number of hydrogen-bond acceptors (Lipinski definition) is 7. The first-order valence-electron chi connectivity index (χ1n) is 13.6. The van der Waals surface area contributed by atoms with Crippen molar-refractivity contribution in [3.05, 3.63) is 47.9 Å². The number of likely N-dealkylation sites (N-methyl/N-ethyl adjacent to an activating group) is 1. The predicted molar refractivity (Wildman–Crippen MR) is 140 cm³/mol. The van der Waals surface area contributed by atoms with Gasteiger partial charge >= 0.3 is 0 Å². The maximum absolute atomic E-state index is 13.6. The van der Waals surface area contributed by atoms with Crippen LogP contribution in [0.15, 0.2) is 46.8 Å². The van der Waals surface area contributed by atoms with Crippen LogP contribution in [0.5, 0.6) is 0 Å². The topological polar surface area (TPSA) is 90.6 Å². The van der Waals surface area contributed by atoms with Gasteiger partial charge in [0.05, 0.1) is 32.7 Å². The van der Waals surface area contributed by atoms with Crippen molar-refractivity contribution in [3.63, 3.8) is 0 Å². The zero-order valence-corrected chi connectivity index (χ0v) is 22.1. The molecule has 8 heteroatoms. The summed E-state index contributed by atoms with van der Waals surface area (Å²) in [5.41, 5.74) is 1.83. The summed E-state index contributed by atoms with van der Waals surface area (Å²) < 4.78 is 29.3. The minimum absolute atomic E-state index is 0.000883. The molecule has 1 fully saturated rings. The van der Waals surface area contributed by atoms with E-state index in [1.807, 2.05) is 43.1 Å². The molecule has 1 amide bonds. The second-order valence-corrected chi connectivity index (χ2v) is 9.79. The van der Waals surface area contributed by atoms with Gasteiger partial charge in [0.1, 0.15) is 5.58 Å². The van der Waals surface area contributed by atoms with Gasteiger partial charge in [0, 0.05) is 49.1 Å². The van der Waals surface area contributed by atoms with E-state index >= 15 is 0 Å². The van der Waals surface area contributed by atoms with Crippen molar-refractivity contribution >= 4 is 16.9 Å². The average molecular weight is 516 g/mol. The summed E-state index contributed by atoms with van der Waals surface area (Å²) in [4.78, 5) is 15.5. The molecule has 1 saturated carbocycles. The third-order valence-corrected chi connectivity index (χ3v) is 7.44. The summed E-state index contributed by atoms with van der Waals surface area (Å²) >= 11 is 0. The summed E-state index contributed by atoms with van der Waals surface area (Å²) in [5, 5.41) is 9.87. The van der Waals surface area contributed by atoms with Gasteiger partial charge in [0.25, 0.3) is 5.91 Å². The monoisotopic (exact) mass is 515 g/mol. The Morgan fingerprint density at radius 2 is 1.84 bits per heavy atom. The Morgan fingerprint density at radius 3 is 2.59 bits per heavy atom. The number of rotatable bonds is 13. The third-order valence-electron chi connectivity index (χ3n) is 7.44. The summed E-state index contributed by atoms with van der Waals surface area (Å²) in [6.45, 7) is 4.07. The molecule has 1 aromatic carbocycles. The molecule has 2 aliphatic rings. The number of aliphatic hydroxyl groups is 1. The number of para-hydroxylation sites is 1. The van der Waals surface area contributed by atoms with Crippen molar-refractivity contribution in [2.75, 3.05) is 46.7 Å². The van der Waals surface area contributed by atoms with E-state index in [4.69, 9.17) is 28.5 Å². The van der Waals surface area contributed by atoms with E-state index < -0.39 is 6.29 Å². The van der Waals surface area contributed by atoms with Gasteiger partial charge in [-0.25, -0.2) is 0 Å². The molecule has 4 rings (SSSR count). The third kappa shape index (κ3) is 6.93. The molecule has 0 saturated heterocycles. The second kappa shape index (κ2) is 14.0. The van der Waals surface area contributed by atoms with E-state index in [1.54, 1.807) is 6.26 Å². The van der Waals surface area contributed by atoms with E-state index in [2.05, 4.69) is 6.07 Å². The smallest absolute Gasteiger partial charge is 0.288 e. The Kier molecular flexibility index (Phi) is 10.4. The fourth-order valence-corrected chi connectivity index (χ4v) is 5.46. The van der Waals surface area contributed by atoms with E-state index in [0.29, 0.717) is 45.2 Å². The van der Waals surface area contributed by atoms with Gasteiger partial charge in [0.15, 0.2) is 5.76 Å². The lowest BCUT2D eigenvalue weighted by atomic mass is 9.81. The van der Waals surface area contributed by atoms with Gasteiger partial charge in [-0.2, -0.15) is 0 Å². The van der Waals surface area contributed by atoms with Crippen LogP contribution in [0.3, 0.4) is 0 Å². The van der Waals surface area contributed by atoms with Gasteiger partial charge in [-0.1, -0.05) is 37.5 Å². The minimum atomic E-state index is -0.582. The Labute approximate surface area is 219 Å². The SMILES string of the molecule is CCO[C@@H]1OC(C(=O)N(C)C2CCCCC2)=C[C@H](c2coc3ccccc23)[C@@H]1CCOCCOCCO. The van der Waals surface area contributed by atoms with Crippen molar-refractivity contribution < 1.29 is 33.3 Å². The Hall–Kier alpha value is -2.39. The highest BCUT2D eigenvalue weighted by molar-refractivity contribution is 5.92. The normalized spacial score (nSPS) is 22.6. The molecule has 3 atom stereocenters. The molecule has 0 unspecified atom stereocenters. The molecule has 1 N–H and O–H groups in total. The van der Waals surface area contributed by atoms with Crippen molar-refractivity contribution in [1.29, 1.82) is 0 Å². The molecular weight excluding hydrogens is 474 g/mol. The molecule has 37 heavy (non-hydrogen) atoms. The lowest BCUT2D eigenvalue weighted by molar-refractivity contribution is -0.172. The quantitative estimate of drug-likeness (QED) is 0.390. The Balaban J connectivity index is 1.58. The largest absolute Gasteiger partial charge is 0.464 e. The molecule has 1 aliphatic carbocycles. The fraction of sp³-hybridized carbons (Fsp3) is 0.621. The number of fused-ring (bicyclic) bond motifs is 1. The molecule has 2 heterocycles. The van der Waals surface area contributed by atoms with Crippen LogP contribution in [0.4, 0.5) is 0 Å². The molecular formula is C29H41NO7. The molecule has 1 aromatic heterocycles. The maximum atomic E-state index is 13.6. The first-order chi connectivity index (χ1) is 18.1. The number of amides is 1. The first-order valence-corrected chi connectivity index (χ1v) is 13.6. The summed E-state index contributed by atoms with van der Waals surface area (Å²) in [6.07, 6.45) is 9.45. The zero-order valence-electron chi connectivity index (χ0n) is 22.1. The van der Waals surface area contributed by atoms with Crippen LogP contribution in [0.2, 0.25) is 0 Å². The van der Waals surface area contributed by atoms with Crippen LogP contribution in [-0.2, 0) is 23.7 Å². The highest BCUT2D eigenvalue weighted by Crippen LogP contribution is 2.42. The fourth-order valence-electron chi connectivity index (χ4n) is 5.46. The van der Waals surface area contributed by atoms with E-state index in [9.17, 15) is 4.79 Å². The Morgan fingerprint density at radius 1 is 1.08 bits per heavy atom. The van der Waals surface area contributed by atoms with Crippen molar-refractivity contribution in [2.45, 2.75) is 63.7 Å². The molecule has 0 bridgehead atoms. The van der Waals surface area contributed by atoms with E-state index in [-0.39, 0.29) is 30.4 Å². The molecule has 1 aliphatic heterocycles. The molecule has 0 spiro atoms. The highest BCUT2D eigenvalue weighted by Gasteiger charge is 2.40. The number of aliphatic hydroxyl groups excluding tert-OH is 1. The van der Waals surface area contributed by atoms with Crippen LogP contribution in [-0.4, -0.2) is 74.9 Å². The highest BCUT2D eigenvalue weighted by atomic mass is 16.7. The number of ether oxygens (including phenoxy) is 4. The molecule has 8 nitrogen and oxygen atoms in total. The minimum Gasteiger partial charge on any atom is -0.464 e. The van der Waals surface area contributed by atoms with Gasteiger partial charge in [0.2, 0.25) is 6.29 Å². The van der Waals surface area contributed by atoms with Gasteiger partial charge < -0.3 is 33.4 Å². The van der Waals surface area contributed by atoms with Crippen molar-refractivity contribution in [3.8, 4) is 0 Å². The molecule has 0 radical (unpaired) electrons. The van der Waals surface area contributed by atoms with E-state index in [1.165, 1.54) is 6.42 Å². The summed E-state index contributed by atoms with van der Waals surface area (Å²) in [6, 6.07) is 8.20. The zero-order chi connectivity index (χ0) is 26.0. The summed E-state index contributed by atoms with van der Waals surface area (Å²) in [5.74, 6) is 0.0410. The Bertz CT molecular complexity index is 1010. The molecule has 2 aromatic rings. The lowest BCUT2D eigenvalue weighted by Gasteiger charge is -2.38.